The molecule has 0 aliphatic rings. The maximum Gasteiger partial charge on any atom is 0.251 e. The summed E-state index contributed by atoms with van der Waals surface area (Å²) in [6.07, 6.45) is 1.65. The first-order valence-electron chi connectivity index (χ1n) is 8.08. The van der Waals surface area contributed by atoms with Crippen LogP contribution in [0.3, 0.4) is 0 Å². The van der Waals surface area contributed by atoms with E-state index in [-0.39, 0.29) is 0 Å². The normalized spacial score (nSPS) is 10.4. The van der Waals surface area contributed by atoms with Crippen molar-refractivity contribution in [1.29, 1.82) is 0 Å². The fourth-order valence-electron chi connectivity index (χ4n) is 2.54. The van der Waals surface area contributed by atoms with E-state index < -0.39 is 0 Å². The summed E-state index contributed by atoms with van der Waals surface area (Å²) >= 11 is 0. The molecule has 0 radical (unpaired) electrons. The molecular weight excluding hydrogens is 298 g/mol. The lowest BCUT2D eigenvalue weighted by Crippen LogP contribution is -2.19. The minimum atomic E-state index is 0.596. The lowest BCUT2D eigenvalue weighted by molar-refractivity contribution is 0.881. The van der Waals surface area contributed by atoms with Gasteiger partial charge in [-0.25, -0.2) is 0 Å². The lowest BCUT2D eigenvalue weighted by atomic mass is 10.1. The molecular formula is C19H21N5. The van der Waals surface area contributed by atoms with E-state index in [0.717, 1.165) is 18.1 Å². The maximum absolute atomic E-state index is 4.61. The first-order chi connectivity index (χ1) is 11.8. The van der Waals surface area contributed by atoms with Crippen molar-refractivity contribution in [1.82, 2.24) is 15.2 Å². The summed E-state index contributed by atoms with van der Waals surface area (Å²) in [5.41, 5.74) is 3.55. The van der Waals surface area contributed by atoms with Gasteiger partial charge in [0, 0.05) is 18.8 Å². The molecule has 0 saturated carbocycles. The van der Waals surface area contributed by atoms with Gasteiger partial charge in [0.15, 0.2) is 5.82 Å². The van der Waals surface area contributed by atoms with Crippen LogP contribution in [0.25, 0.3) is 0 Å². The van der Waals surface area contributed by atoms with Gasteiger partial charge in [0.1, 0.15) is 0 Å². The molecule has 0 saturated heterocycles. The average Bonchev–Trinajstić information content (AvgIpc) is 2.63. The molecule has 1 heterocycles. The Morgan fingerprint density at radius 2 is 1.75 bits per heavy atom. The van der Waals surface area contributed by atoms with E-state index in [1.807, 2.05) is 47.4 Å². The van der Waals surface area contributed by atoms with Gasteiger partial charge in [-0.05, 0) is 37.1 Å². The molecule has 0 bridgehead atoms. The zero-order valence-electron chi connectivity index (χ0n) is 14.0. The molecule has 0 fully saturated rings. The van der Waals surface area contributed by atoms with E-state index in [9.17, 15) is 0 Å². The number of nitrogens with zero attached hydrogens (tertiary/aromatic N) is 4. The van der Waals surface area contributed by atoms with Crippen molar-refractivity contribution in [3.63, 3.8) is 0 Å². The van der Waals surface area contributed by atoms with Crippen molar-refractivity contribution in [3.8, 4) is 0 Å². The molecule has 3 rings (SSSR count). The zero-order valence-corrected chi connectivity index (χ0v) is 14.0. The highest BCUT2D eigenvalue weighted by Crippen LogP contribution is 2.21. The van der Waals surface area contributed by atoms with Crippen molar-refractivity contribution < 1.29 is 0 Å². The molecule has 1 aromatic heterocycles. The first kappa shape index (κ1) is 15.9. The summed E-state index contributed by atoms with van der Waals surface area (Å²) in [5.74, 6) is 1.32. The summed E-state index contributed by atoms with van der Waals surface area (Å²) < 4.78 is 0. The molecule has 0 spiro atoms. The smallest absolute Gasteiger partial charge is 0.251 e. The van der Waals surface area contributed by atoms with E-state index >= 15 is 0 Å². The number of para-hydroxylation sites is 1. The first-order valence-corrected chi connectivity index (χ1v) is 8.08. The van der Waals surface area contributed by atoms with Gasteiger partial charge in [-0.2, -0.15) is 10.1 Å². The second kappa shape index (κ2) is 7.55. The van der Waals surface area contributed by atoms with E-state index in [4.69, 9.17) is 0 Å². The number of hydrogen-bond acceptors (Lipinski definition) is 5. The second-order valence-electron chi connectivity index (χ2n) is 5.50. The van der Waals surface area contributed by atoms with Crippen LogP contribution in [0.2, 0.25) is 0 Å². The predicted molar refractivity (Wildman–Crippen MR) is 97.5 cm³/mol. The van der Waals surface area contributed by atoms with Crippen LogP contribution in [0, 0.1) is 6.92 Å². The maximum atomic E-state index is 4.61. The zero-order chi connectivity index (χ0) is 16.8. The molecule has 0 amide bonds. The van der Waals surface area contributed by atoms with Crippen LogP contribution >= 0.6 is 0 Å². The molecule has 0 atom stereocenters. The number of aromatic nitrogens is 3. The fourth-order valence-corrected chi connectivity index (χ4v) is 2.54. The molecule has 3 aromatic rings. The third kappa shape index (κ3) is 3.68. The Morgan fingerprint density at radius 1 is 1.00 bits per heavy atom. The Morgan fingerprint density at radius 3 is 2.50 bits per heavy atom. The predicted octanol–water partition coefficient (Wildman–Crippen LogP) is 3.95. The van der Waals surface area contributed by atoms with E-state index in [1.165, 1.54) is 11.1 Å². The van der Waals surface area contributed by atoms with Crippen LogP contribution < -0.4 is 10.2 Å². The Bertz CT molecular complexity index is 789. The molecule has 2 aromatic carbocycles. The van der Waals surface area contributed by atoms with E-state index in [0.29, 0.717) is 12.5 Å². The van der Waals surface area contributed by atoms with Gasteiger partial charge >= 0.3 is 0 Å². The van der Waals surface area contributed by atoms with Crippen LogP contribution in [-0.2, 0) is 6.54 Å². The largest absolute Gasteiger partial charge is 0.365 e. The molecule has 5 nitrogen and oxygen atoms in total. The summed E-state index contributed by atoms with van der Waals surface area (Å²) in [5, 5.41) is 11.6. The van der Waals surface area contributed by atoms with E-state index in [2.05, 4.69) is 46.5 Å². The fraction of sp³-hybridized carbons (Fsp3) is 0.211. The number of rotatable bonds is 6. The van der Waals surface area contributed by atoms with Crippen molar-refractivity contribution in [2.24, 2.45) is 0 Å². The number of benzene rings is 2. The summed E-state index contributed by atoms with van der Waals surface area (Å²) in [7, 11) is 0. The topological polar surface area (TPSA) is 53.9 Å². The van der Waals surface area contributed by atoms with Crippen molar-refractivity contribution >= 4 is 17.5 Å². The van der Waals surface area contributed by atoms with E-state index in [1.54, 1.807) is 6.20 Å². The summed E-state index contributed by atoms with van der Waals surface area (Å²) in [6, 6.07) is 18.4. The minimum absolute atomic E-state index is 0.596. The summed E-state index contributed by atoms with van der Waals surface area (Å²) in [6.45, 7) is 5.66. The van der Waals surface area contributed by atoms with Gasteiger partial charge < -0.3 is 10.2 Å². The minimum Gasteiger partial charge on any atom is -0.365 e. The van der Waals surface area contributed by atoms with Crippen molar-refractivity contribution in [3.05, 3.63) is 71.9 Å². The van der Waals surface area contributed by atoms with Gasteiger partial charge in [0.2, 0.25) is 0 Å². The Hall–Kier alpha value is -2.95. The molecule has 0 aliphatic carbocycles. The molecule has 0 unspecified atom stereocenters. The van der Waals surface area contributed by atoms with Gasteiger partial charge in [-0.1, -0.05) is 42.5 Å². The number of anilines is 3. The van der Waals surface area contributed by atoms with Crippen LogP contribution in [0.1, 0.15) is 18.1 Å². The second-order valence-corrected chi connectivity index (χ2v) is 5.50. The van der Waals surface area contributed by atoms with Gasteiger partial charge in [0.25, 0.3) is 5.95 Å². The third-order valence-electron chi connectivity index (χ3n) is 3.89. The molecule has 1 N–H and O–H groups in total. The van der Waals surface area contributed by atoms with Crippen LogP contribution in [-0.4, -0.2) is 21.7 Å². The Balaban J connectivity index is 1.77. The molecule has 5 heteroatoms. The number of nitrogens with one attached hydrogen (secondary N) is 1. The molecule has 0 aliphatic heterocycles. The number of hydrogen-bond donors (Lipinski definition) is 1. The van der Waals surface area contributed by atoms with Gasteiger partial charge in [-0.3, -0.25) is 0 Å². The SMILES string of the molecule is CCN(c1ccccc1)c1nncc(NCc2ccccc2C)n1. The average molecular weight is 319 g/mol. The monoisotopic (exact) mass is 319 g/mol. The van der Waals surface area contributed by atoms with Crippen molar-refractivity contribution in [2.75, 3.05) is 16.8 Å². The quantitative estimate of drug-likeness (QED) is 0.745. The van der Waals surface area contributed by atoms with Gasteiger partial charge in [0.05, 0.1) is 6.20 Å². The molecule has 122 valence electrons. The highest BCUT2D eigenvalue weighted by atomic mass is 15.3. The third-order valence-corrected chi connectivity index (χ3v) is 3.89. The summed E-state index contributed by atoms with van der Waals surface area (Å²) in [4.78, 5) is 6.64. The lowest BCUT2D eigenvalue weighted by Gasteiger charge is -2.20. The van der Waals surface area contributed by atoms with Crippen LogP contribution in [0.5, 0.6) is 0 Å². The molecule has 24 heavy (non-hydrogen) atoms. The van der Waals surface area contributed by atoms with Crippen LogP contribution in [0.4, 0.5) is 17.5 Å². The van der Waals surface area contributed by atoms with Crippen molar-refractivity contribution in [2.45, 2.75) is 20.4 Å². The van der Waals surface area contributed by atoms with Crippen LogP contribution in [0.15, 0.2) is 60.8 Å². The number of aryl methyl sites for hydroxylation is 1. The Kier molecular flexibility index (Phi) is 5.01. The standard InChI is InChI=1S/C19H21N5/c1-3-24(17-11-5-4-6-12-17)19-22-18(14-21-23-19)20-13-16-10-8-7-9-15(16)2/h4-12,14H,3,13H2,1-2H3,(H,20,22,23). The highest BCUT2D eigenvalue weighted by molar-refractivity contribution is 5.57. The van der Waals surface area contributed by atoms with Gasteiger partial charge in [-0.15, -0.1) is 5.10 Å². The highest BCUT2D eigenvalue weighted by Gasteiger charge is 2.11. The Labute approximate surface area is 142 Å².